The van der Waals surface area contributed by atoms with E-state index in [1.54, 1.807) is 36.4 Å². The highest BCUT2D eigenvalue weighted by molar-refractivity contribution is 6.35. The first-order chi connectivity index (χ1) is 14.9. The van der Waals surface area contributed by atoms with Gasteiger partial charge in [0.15, 0.2) is 11.5 Å². The van der Waals surface area contributed by atoms with Gasteiger partial charge in [-0.15, -0.1) is 0 Å². The molecule has 0 heterocycles. The Labute approximate surface area is 188 Å². The van der Waals surface area contributed by atoms with E-state index < -0.39 is 5.91 Å². The summed E-state index contributed by atoms with van der Waals surface area (Å²) in [5.74, 6) is -0.268. The predicted octanol–water partition coefficient (Wildman–Crippen LogP) is 4.76. The van der Waals surface area contributed by atoms with E-state index in [0.717, 1.165) is 11.6 Å². The zero-order valence-corrected chi connectivity index (χ0v) is 17.8. The Bertz CT molecular complexity index is 1130. The molecular formula is C22H18Cl2N2O5. The van der Waals surface area contributed by atoms with E-state index in [0.29, 0.717) is 27.1 Å². The molecule has 0 aliphatic carbocycles. The number of phenols is 2. The van der Waals surface area contributed by atoms with E-state index in [2.05, 4.69) is 10.5 Å². The Morgan fingerprint density at radius 2 is 1.94 bits per heavy atom. The summed E-state index contributed by atoms with van der Waals surface area (Å²) in [5, 5.41) is 24.2. The number of benzene rings is 3. The van der Waals surface area contributed by atoms with E-state index in [-0.39, 0.29) is 23.7 Å². The Morgan fingerprint density at radius 3 is 2.68 bits per heavy atom. The smallest absolute Gasteiger partial charge is 0.275 e. The fourth-order valence-corrected chi connectivity index (χ4v) is 3.13. The Kier molecular flexibility index (Phi) is 7.23. The second kappa shape index (κ2) is 10.1. The minimum atomic E-state index is -0.692. The van der Waals surface area contributed by atoms with Crippen LogP contribution in [0.15, 0.2) is 59.7 Å². The fourth-order valence-electron chi connectivity index (χ4n) is 2.66. The summed E-state index contributed by atoms with van der Waals surface area (Å²) >= 11 is 12.1. The Hall–Kier alpha value is -3.42. The SMILES string of the molecule is COc1cccc(C=NNC(=O)c2cc(O)ccc2O)c1OCc1ccc(Cl)cc1Cl. The van der Waals surface area contributed by atoms with Crippen molar-refractivity contribution in [3.8, 4) is 23.0 Å². The van der Waals surface area contributed by atoms with Crippen LogP contribution in [0.25, 0.3) is 0 Å². The number of carbonyl (C=O) groups excluding carboxylic acids is 1. The minimum absolute atomic E-state index is 0.114. The van der Waals surface area contributed by atoms with Crippen molar-refractivity contribution in [2.45, 2.75) is 6.61 Å². The van der Waals surface area contributed by atoms with Gasteiger partial charge in [-0.3, -0.25) is 4.79 Å². The number of carbonyl (C=O) groups is 1. The number of nitrogens with zero attached hydrogens (tertiary/aromatic N) is 1. The van der Waals surface area contributed by atoms with Crippen molar-refractivity contribution in [1.82, 2.24) is 5.43 Å². The number of phenolic OH excluding ortho intramolecular Hbond substituents is 2. The second-order valence-corrected chi connectivity index (χ2v) is 7.15. The van der Waals surface area contributed by atoms with Gasteiger partial charge in [0, 0.05) is 21.2 Å². The highest BCUT2D eigenvalue weighted by Gasteiger charge is 2.13. The molecule has 9 heteroatoms. The third-order valence-electron chi connectivity index (χ3n) is 4.21. The molecule has 0 atom stereocenters. The van der Waals surface area contributed by atoms with Crippen molar-refractivity contribution >= 4 is 35.3 Å². The summed E-state index contributed by atoms with van der Waals surface area (Å²) in [4.78, 5) is 12.2. The maximum Gasteiger partial charge on any atom is 0.275 e. The quantitative estimate of drug-likeness (QED) is 0.268. The molecule has 160 valence electrons. The summed E-state index contributed by atoms with van der Waals surface area (Å²) in [6.45, 7) is 0.154. The number of nitrogens with one attached hydrogen (secondary N) is 1. The van der Waals surface area contributed by atoms with Crippen LogP contribution in [0.5, 0.6) is 23.0 Å². The monoisotopic (exact) mass is 460 g/mol. The molecule has 0 unspecified atom stereocenters. The molecule has 0 saturated heterocycles. The van der Waals surface area contributed by atoms with E-state index in [4.69, 9.17) is 32.7 Å². The van der Waals surface area contributed by atoms with Gasteiger partial charge in [-0.25, -0.2) is 5.43 Å². The third kappa shape index (κ3) is 5.59. The Morgan fingerprint density at radius 1 is 1.13 bits per heavy atom. The van der Waals surface area contributed by atoms with Crippen molar-refractivity contribution in [2.75, 3.05) is 7.11 Å². The van der Waals surface area contributed by atoms with Gasteiger partial charge in [0.05, 0.1) is 18.9 Å². The van der Waals surface area contributed by atoms with Crippen molar-refractivity contribution < 1.29 is 24.5 Å². The van der Waals surface area contributed by atoms with E-state index in [1.807, 2.05) is 0 Å². The number of para-hydroxylation sites is 1. The van der Waals surface area contributed by atoms with Gasteiger partial charge in [0.2, 0.25) is 0 Å². The largest absolute Gasteiger partial charge is 0.508 e. The molecule has 3 aromatic rings. The number of hydrogen-bond acceptors (Lipinski definition) is 6. The standard InChI is InChI=1S/C22H18Cl2N2O5/c1-30-20-4-2-3-13(21(20)31-12-14-5-6-15(23)9-18(14)24)11-25-26-22(29)17-10-16(27)7-8-19(17)28/h2-11,27-28H,12H2,1H3,(H,26,29). The number of halogens is 2. The molecule has 0 bridgehead atoms. The molecule has 0 saturated carbocycles. The van der Waals surface area contributed by atoms with Crippen LogP contribution in [-0.4, -0.2) is 29.4 Å². The number of hydrazone groups is 1. The molecule has 0 spiro atoms. The maximum atomic E-state index is 12.2. The molecule has 0 radical (unpaired) electrons. The number of rotatable bonds is 7. The van der Waals surface area contributed by atoms with Crippen molar-refractivity contribution in [3.63, 3.8) is 0 Å². The molecule has 3 aromatic carbocycles. The van der Waals surface area contributed by atoms with Crippen molar-refractivity contribution in [3.05, 3.63) is 81.3 Å². The molecule has 0 aliphatic rings. The molecule has 7 nitrogen and oxygen atoms in total. The van der Waals surface area contributed by atoms with Crippen LogP contribution in [0.3, 0.4) is 0 Å². The highest BCUT2D eigenvalue weighted by atomic mass is 35.5. The van der Waals surface area contributed by atoms with Crippen LogP contribution < -0.4 is 14.9 Å². The molecule has 31 heavy (non-hydrogen) atoms. The van der Waals surface area contributed by atoms with Gasteiger partial charge in [0.25, 0.3) is 5.91 Å². The van der Waals surface area contributed by atoms with E-state index >= 15 is 0 Å². The summed E-state index contributed by atoms with van der Waals surface area (Å²) in [7, 11) is 1.50. The van der Waals surface area contributed by atoms with Crippen LogP contribution >= 0.6 is 23.2 Å². The number of amides is 1. The van der Waals surface area contributed by atoms with Crippen molar-refractivity contribution in [2.24, 2.45) is 5.10 Å². The fraction of sp³-hybridized carbons (Fsp3) is 0.0909. The second-order valence-electron chi connectivity index (χ2n) is 6.30. The van der Waals surface area contributed by atoms with Crippen LogP contribution in [0, 0.1) is 0 Å². The van der Waals surface area contributed by atoms with Gasteiger partial charge < -0.3 is 19.7 Å². The lowest BCUT2D eigenvalue weighted by Crippen LogP contribution is -2.17. The Balaban J connectivity index is 1.78. The molecule has 1 amide bonds. The number of ether oxygens (including phenoxy) is 2. The lowest BCUT2D eigenvalue weighted by molar-refractivity contribution is 0.0952. The molecular weight excluding hydrogens is 443 g/mol. The molecule has 3 rings (SSSR count). The minimum Gasteiger partial charge on any atom is -0.508 e. The first-order valence-corrected chi connectivity index (χ1v) is 9.73. The predicted molar refractivity (Wildman–Crippen MR) is 119 cm³/mol. The summed E-state index contributed by atoms with van der Waals surface area (Å²) in [6.07, 6.45) is 1.37. The zero-order chi connectivity index (χ0) is 22.4. The lowest BCUT2D eigenvalue weighted by atomic mass is 10.2. The van der Waals surface area contributed by atoms with Crippen LogP contribution in [0.1, 0.15) is 21.5 Å². The van der Waals surface area contributed by atoms with Crippen LogP contribution in [0.4, 0.5) is 0 Å². The average molecular weight is 461 g/mol. The van der Waals surface area contributed by atoms with Gasteiger partial charge in [-0.05, 0) is 42.5 Å². The van der Waals surface area contributed by atoms with E-state index in [9.17, 15) is 15.0 Å². The summed E-state index contributed by atoms with van der Waals surface area (Å²) in [6, 6.07) is 13.9. The first-order valence-electron chi connectivity index (χ1n) is 8.98. The number of methoxy groups -OCH3 is 1. The average Bonchev–Trinajstić information content (AvgIpc) is 2.75. The molecule has 0 aromatic heterocycles. The van der Waals surface area contributed by atoms with Gasteiger partial charge in [-0.2, -0.15) is 5.10 Å². The number of aromatic hydroxyl groups is 2. The third-order valence-corrected chi connectivity index (χ3v) is 4.80. The topological polar surface area (TPSA) is 100 Å². The number of hydrogen-bond donors (Lipinski definition) is 3. The molecule has 3 N–H and O–H groups in total. The normalized spacial score (nSPS) is 10.8. The summed E-state index contributed by atoms with van der Waals surface area (Å²) in [5.41, 5.74) is 3.44. The van der Waals surface area contributed by atoms with Crippen LogP contribution in [0.2, 0.25) is 10.0 Å². The van der Waals surface area contributed by atoms with Gasteiger partial charge in [-0.1, -0.05) is 35.3 Å². The first kappa shape index (κ1) is 22.3. The zero-order valence-electron chi connectivity index (χ0n) is 16.3. The van der Waals surface area contributed by atoms with Crippen molar-refractivity contribution in [1.29, 1.82) is 0 Å². The van der Waals surface area contributed by atoms with E-state index in [1.165, 1.54) is 25.5 Å². The van der Waals surface area contributed by atoms with Gasteiger partial charge >= 0.3 is 0 Å². The van der Waals surface area contributed by atoms with Gasteiger partial charge in [0.1, 0.15) is 18.1 Å². The maximum absolute atomic E-state index is 12.2. The van der Waals surface area contributed by atoms with Crippen LogP contribution in [-0.2, 0) is 6.61 Å². The molecule has 0 fully saturated rings. The highest BCUT2D eigenvalue weighted by Crippen LogP contribution is 2.32. The summed E-state index contributed by atoms with van der Waals surface area (Å²) < 4.78 is 11.3. The molecule has 0 aliphatic heterocycles. The lowest BCUT2D eigenvalue weighted by Gasteiger charge is -2.14.